The molecule has 1 amide bonds. The molecule has 1 aromatic rings. The predicted molar refractivity (Wildman–Crippen MR) is 101 cm³/mol. The first-order valence-corrected chi connectivity index (χ1v) is 10.8. The molecule has 1 saturated heterocycles. The van der Waals surface area contributed by atoms with Gasteiger partial charge in [0.15, 0.2) is 6.61 Å². The van der Waals surface area contributed by atoms with Crippen LogP contribution in [0.3, 0.4) is 0 Å². The molecule has 0 unspecified atom stereocenters. The average molecular weight is 414 g/mol. The summed E-state index contributed by atoms with van der Waals surface area (Å²) >= 11 is 0. The Labute approximate surface area is 165 Å². The molecule has 1 atom stereocenters. The van der Waals surface area contributed by atoms with Gasteiger partial charge >= 0.3 is 5.97 Å². The van der Waals surface area contributed by atoms with E-state index in [1.165, 1.54) is 16.4 Å². The first kappa shape index (κ1) is 22.3. The van der Waals surface area contributed by atoms with Crippen molar-refractivity contribution in [3.8, 4) is 0 Å². The molecule has 28 heavy (non-hydrogen) atoms. The third-order valence-corrected chi connectivity index (χ3v) is 6.89. The zero-order valence-electron chi connectivity index (χ0n) is 16.4. The first-order valence-electron chi connectivity index (χ1n) is 9.33. The van der Waals surface area contributed by atoms with Crippen molar-refractivity contribution in [2.24, 2.45) is 11.8 Å². The number of sulfonamides is 1. The van der Waals surface area contributed by atoms with E-state index < -0.39 is 27.7 Å². The fraction of sp³-hybridized carbons (Fsp3) is 0.579. The van der Waals surface area contributed by atoms with Gasteiger partial charge in [0.2, 0.25) is 10.0 Å². The minimum absolute atomic E-state index is 0.0193. The third-order valence-electron chi connectivity index (χ3n) is 4.97. The Morgan fingerprint density at radius 1 is 1.18 bits per heavy atom. The Morgan fingerprint density at radius 3 is 2.29 bits per heavy atom. The molecule has 0 radical (unpaired) electrons. The summed E-state index contributed by atoms with van der Waals surface area (Å²) in [5.41, 5.74) is 0. The maximum absolute atomic E-state index is 13.0. The number of benzene rings is 1. The van der Waals surface area contributed by atoms with Gasteiger partial charge in [-0.15, -0.1) is 0 Å². The number of rotatable bonds is 7. The van der Waals surface area contributed by atoms with Crippen molar-refractivity contribution in [1.82, 2.24) is 9.62 Å². The van der Waals surface area contributed by atoms with Gasteiger partial charge in [-0.1, -0.05) is 13.8 Å². The van der Waals surface area contributed by atoms with Gasteiger partial charge in [0.1, 0.15) is 5.82 Å². The van der Waals surface area contributed by atoms with Crippen LogP contribution < -0.4 is 5.32 Å². The SMILES string of the molecule is CC(C)[C@@H](C)NC(=O)COC(=O)C1CCN(S(=O)(=O)c2ccc(F)cc2)CC1. The maximum Gasteiger partial charge on any atom is 0.309 e. The zero-order valence-corrected chi connectivity index (χ0v) is 17.2. The molecule has 0 spiro atoms. The lowest BCUT2D eigenvalue weighted by atomic mass is 9.98. The van der Waals surface area contributed by atoms with E-state index in [4.69, 9.17) is 4.74 Å². The van der Waals surface area contributed by atoms with Gasteiger partial charge in [-0.25, -0.2) is 12.8 Å². The van der Waals surface area contributed by atoms with E-state index in [9.17, 15) is 22.4 Å². The van der Waals surface area contributed by atoms with Gasteiger partial charge in [-0.3, -0.25) is 9.59 Å². The van der Waals surface area contributed by atoms with Crippen LogP contribution in [0.5, 0.6) is 0 Å². The van der Waals surface area contributed by atoms with Crippen LogP contribution in [-0.2, 0) is 24.3 Å². The highest BCUT2D eigenvalue weighted by Crippen LogP contribution is 2.24. The van der Waals surface area contributed by atoms with Gasteiger partial charge in [-0.2, -0.15) is 4.31 Å². The summed E-state index contributed by atoms with van der Waals surface area (Å²) in [6.45, 7) is 5.81. The Morgan fingerprint density at radius 2 is 1.75 bits per heavy atom. The molecule has 2 rings (SSSR count). The van der Waals surface area contributed by atoms with Crippen molar-refractivity contribution in [2.75, 3.05) is 19.7 Å². The van der Waals surface area contributed by atoms with Crippen LogP contribution in [0.25, 0.3) is 0 Å². The van der Waals surface area contributed by atoms with Crippen LogP contribution in [0.15, 0.2) is 29.2 Å². The van der Waals surface area contributed by atoms with Crippen LogP contribution >= 0.6 is 0 Å². The lowest BCUT2D eigenvalue weighted by Crippen LogP contribution is -2.42. The summed E-state index contributed by atoms with van der Waals surface area (Å²) in [4.78, 5) is 24.0. The lowest BCUT2D eigenvalue weighted by molar-refractivity contribution is -0.153. The second-order valence-electron chi connectivity index (χ2n) is 7.34. The molecule has 1 aromatic carbocycles. The van der Waals surface area contributed by atoms with Crippen LogP contribution in [0.1, 0.15) is 33.6 Å². The van der Waals surface area contributed by atoms with E-state index in [2.05, 4.69) is 5.32 Å². The summed E-state index contributed by atoms with van der Waals surface area (Å²) in [6.07, 6.45) is 0.618. The molecule has 0 aromatic heterocycles. The molecule has 0 aliphatic carbocycles. The predicted octanol–water partition coefficient (Wildman–Crippen LogP) is 1.93. The van der Waals surface area contributed by atoms with Gasteiger partial charge in [0, 0.05) is 19.1 Å². The first-order chi connectivity index (χ1) is 13.1. The smallest absolute Gasteiger partial charge is 0.309 e. The quantitative estimate of drug-likeness (QED) is 0.688. The largest absolute Gasteiger partial charge is 0.455 e. The van der Waals surface area contributed by atoms with Crippen molar-refractivity contribution in [1.29, 1.82) is 0 Å². The molecule has 1 aliphatic rings. The van der Waals surface area contributed by atoms with Crippen molar-refractivity contribution in [3.05, 3.63) is 30.1 Å². The summed E-state index contributed by atoms with van der Waals surface area (Å²) in [5, 5.41) is 2.76. The fourth-order valence-corrected chi connectivity index (χ4v) is 4.27. The van der Waals surface area contributed by atoms with Crippen molar-refractivity contribution in [2.45, 2.75) is 44.6 Å². The van der Waals surface area contributed by atoms with E-state index in [0.29, 0.717) is 12.8 Å². The number of amides is 1. The fourth-order valence-electron chi connectivity index (χ4n) is 2.80. The number of nitrogens with one attached hydrogen (secondary N) is 1. The second-order valence-corrected chi connectivity index (χ2v) is 9.28. The Balaban J connectivity index is 1.83. The van der Waals surface area contributed by atoms with Crippen LogP contribution in [0.4, 0.5) is 4.39 Å². The van der Waals surface area contributed by atoms with Crippen LogP contribution in [0, 0.1) is 17.7 Å². The maximum atomic E-state index is 13.0. The van der Waals surface area contributed by atoms with E-state index in [1.807, 2.05) is 20.8 Å². The van der Waals surface area contributed by atoms with Crippen LogP contribution in [0.2, 0.25) is 0 Å². The summed E-state index contributed by atoms with van der Waals surface area (Å²) in [7, 11) is -3.72. The molecule has 7 nitrogen and oxygen atoms in total. The van der Waals surface area contributed by atoms with Gasteiger partial charge in [0.25, 0.3) is 5.91 Å². The molecule has 1 aliphatic heterocycles. The number of nitrogens with zero attached hydrogens (tertiary/aromatic N) is 1. The molecular weight excluding hydrogens is 387 g/mol. The van der Waals surface area contributed by atoms with Gasteiger partial charge < -0.3 is 10.1 Å². The van der Waals surface area contributed by atoms with Crippen LogP contribution in [-0.4, -0.2) is 50.3 Å². The molecule has 1 heterocycles. The van der Waals surface area contributed by atoms with Crippen molar-refractivity contribution >= 4 is 21.9 Å². The summed E-state index contributed by atoms with van der Waals surface area (Å²) < 4.78 is 44.5. The van der Waals surface area contributed by atoms with Crippen molar-refractivity contribution < 1.29 is 27.1 Å². The second kappa shape index (κ2) is 9.47. The molecule has 156 valence electrons. The number of piperidine rings is 1. The van der Waals surface area contributed by atoms with E-state index in [1.54, 1.807) is 0 Å². The van der Waals surface area contributed by atoms with Gasteiger partial charge in [-0.05, 0) is 49.9 Å². The third kappa shape index (κ3) is 5.75. The van der Waals surface area contributed by atoms with E-state index in [-0.39, 0.29) is 42.5 Å². The Kier molecular flexibility index (Phi) is 7.54. The number of esters is 1. The number of carbonyl (C=O) groups is 2. The molecule has 9 heteroatoms. The number of carbonyl (C=O) groups excluding carboxylic acids is 2. The Hall–Kier alpha value is -2.00. The highest BCUT2D eigenvalue weighted by Gasteiger charge is 2.33. The topological polar surface area (TPSA) is 92.8 Å². The Bertz CT molecular complexity index is 787. The zero-order chi connectivity index (χ0) is 20.9. The highest BCUT2D eigenvalue weighted by molar-refractivity contribution is 7.89. The number of ether oxygens (including phenoxy) is 1. The molecular formula is C19H27FN2O5S. The monoisotopic (exact) mass is 414 g/mol. The molecule has 0 saturated carbocycles. The van der Waals surface area contributed by atoms with Crippen molar-refractivity contribution in [3.63, 3.8) is 0 Å². The summed E-state index contributed by atoms with van der Waals surface area (Å²) in [5.74, 6) is -1.54. The standard InChI is InChI=1S/C19H27FN2O5S/c1-13(2)14(3)21-18(23)12-27-19(24)15-8-10-22(11-9-15)28(25,26)17-6-4-16(20)5-7-17/h4-7,13-15H,8-12H2,1-3H3,(H,21,23)/t14-/m1/s1. The average Bonchev–Trinajstić information content (AvgIpc) is 2.66. The lowest BCUT2D eigenvalue weighted by Gasteiger charge is -2.30. The number of hydrogen-bond acceptors (Lipinski definition) is 5. The molecule has 1 N–H and O–H groups in total. The highest BCUT2D eigenvalue weighted by atomic mass is 32.2. The van der Waals surface area contributed by atoms with Gasteiger partial charge in [0.05, 0.1) is 10.8 Å². The molecule has 1 fully saturated rings. The number of halogens is 1. The van der Waals surface area contributed by atoms with E-state index >= 15 is 0 Å². The normalized spacial score (nSPS) is 17.3. The van der Waals surface area contributed by atoms with E-state index in [0.717, 1.165) is 12.1 Å². The minimum atomic E-state index is -3.72. The minimum Gasteiger partial charge on any atom is -0.455 e. The number of hydrogen-bond donors (Lipinski definition) is 1. The summed E-state index contributed by atoms with van der Waals surface area (Å²) in [6, 6.07) is 4.62. The molecule has 0 bridgehead atoms.